The zero-order chi connectivity index (χ0) is 13.4. The third-order valence-electron chi connectivity index (χ3n) is 3.37. The van der Waals surface area contributed by atoms with Gasteiger partial charge in [0.05, 0.1) is 0 Å². The smallest absolute Gasteiger partial charge is 0.204 e. The van der Waals surface area contributed by atoms with Crippen LogP contribution in [0.2, 0.25) is 0 Å². The van der Waals surface area contributed by atoms with Gasteiger partial charge in [-0.1, -0.05) is 54.1 Å². The number of nitrogens with zero attached hydrogens (tertiary/aromatic N) is 1. The lowest BCUT2D eigenvalue weighted by molar-refractivity contribution is 0.104. The molecule has 2 aromatic carbocycles. The first-order chi connectivity index (χ1) is 9.22. The number of nitriles is 1. The predicted octanol–water partition coefficient (Wildman–Crippen LogP) is 3.52. The quantitative estimate of drug-likeness (QED) is 0.771. The summed E-state index contributed by atoms with van der Waals surface area (Å²) in [6.45, 7) is 2.01. The van der Waals surface area contributed by atoms with E-state index in [4.69, 9.17) is 0 Å². The third kappa shape index (κ3) is 1.68. The van der Waals surface area contributed by atoms with Crippen molar-refractivity contribution in [3.05, 3.63) is 76.4 Å². The zero-order valence-corrected chi connectivity index (χ0v) is 10.5. The summed E-state index contributed by atoms with van der Waals surface area (Å²) in [7, 11) is 0. The molecule has 0 unspecified atom stereocenters. The highest BCUT2D eigenvalue weighted by molar-refractivity contribution is 6.25. The summed E-state index contributed by atoms with van der Waals surface area (Å²) in [6, 6.07) is 17.3. The predicted molar refractivity (Wildman–Crippen MR) is 73.6 cm³/mol. The Morgan fingerprint density at radius 2 is 1.58 bits per heavy atom. The summed E-state index contributed by atoms with van der Waals surface area (Å²) < 4.78 is 0. The van der Waals surface area contributed by atoms with Crippen LogP contribution < -0.4 is 0 Å². The molecule has 3 rings (SSSR count). The number of benzene rings is 2. The summed E-state index contributed by atoms with van der Waals surface area (Å²) in [5, 5.41) is 9.27. The van der Waals surface area contributed by atoms with Gasteiger partial charge in [0.25, 0.3) is 0 Å². The van der Waals surface area contributed by atoms with Crippen molar-refractivity contribution >= 4 is 11.4 Å². The van der Waals surface area contributed by atoms with E-state index in [2.05, 4.69) is 6.07 Å². The molecule has 0 N–H and O–H groups in total. The molecule has 0 saturated carbocycles. The second kappa shape index (κ2) is 4.22. The summed E-state index contributed by atoms with van der Waals surface area (Å²) in [6.07, 6.45) is 0. The fraction of sp³-hybridized carbons (Fsp3) is 0.0588. The van der Waals surface area contributed by atoms with E-state index in [9.17, 15) is 10.1 Å². The Labute approximate surface area is 111 Å². The van der Waals surface area contributed by atoms with Crippen LogP contribution in [0.5, 0.6) is 0 Å². The van der Waals surface area contributed by atoms with Crippen LogP contribution >= 0.6 is 0 Å². The van der Waals surface area contributed by atoms with Crippen LogP contribution in [0.1, 0.15) is 27.0 Å². The van der Waals surface area contributed by atoms with Crippen molar-refractivity contribution in [3.63, 3.8) is 0 Å². The Morgan fingerprint density at radius 3 is 2.21 bits per heavy atom. The van der Waals surface area contributed by atoms with Crippen LogP contribution in [0.15, 0.2) is 54.1 Å². The average Bonchev–Trinajstić information content (AvgIpc) is 2.73. The molecule has 0 saturated heterocycles. The van der Waals surface area contributed by atoms with Gasteiger partial charge in [0.2, 0.25) is 5.78 Å². The number of hydrogen-bond acceptors (Lipinski definition) is 2. The van der Waals surface area contributed by atoms with Crippen molar-refractivity contribution in [2.75, 3.05) is 0 Å². The number of Topliss-reactive ketones (excluding diaryl/α,β-unsaturated/α-hetero) is 1. The Hall–Kier alpha value is -2.66. The maximum absolute atomic E-state index is 12.2. The van der Waals surface area contributed by atoms with E-state index in [0.717, 1.165) is 22.3 Å². The highest BCUT2D eigenvalue weighted by Gasteiger charge is 2.29. The Morgan fingerprint density at radius 1 is 0.947 bits per heavy atom. The lowest BCUT2D eigenvalue weighted by atomic mass is 9.97. The van der Waals surface area contributed by atoms with Gasteiger partial charge in [-0.25, -0.2) is 0 Å². The van der Waals surface area contributed by atoms with Crippen molar-refractivity contribution < 1.29 is 4.79 Å². The Balaban J connectivity index is 2.28. The van der Waals surface area contributed by atoms with Crippen LogP contribution in [-0.4, -0.2) is 5.78 Å². The number of ketones is 1. The summed E-state index contributed by atoms with van der Waals surface area (Å²) >= 11 is 0. The highest BCUT2D eigenvalue weighted by Crippen LogP contribution is 2.36. The third-order valence-corrected chi connectivity index (χ3v) is 3.37. The van der Waals surface area contributed by atoms with E-state index in [1.807, 2.05) is 49.4 Å². The lowest BCUT2D eigenvalue weighted by Gasteiger charge is -2.05. The second-order valence-corrected chi connectivity index (χ2v) is 4.60. The van der Waals surface area contributed by atoms with Crippen molar-refractivity contribution in [1.29, 1.82) is 5.26 Å². The zero-order valence-electron chi connectivity index (χ0n) is 10.5. The van der Waals surface area contributed by atoms with Crippen molar-refractivity contribution in [3.8, 4) is 6.07 Å². The molecule has 0 aliphatic heterocycles. The van der Waals surface area contributed by atoms with Gasteiger partial charge < -0.3 is 0 Å². The maximum atomic E-state index is 12.2. The molecule has 19 heavy (non-hydrogen) atoms. The minimum atomic E-state index is -0.173. The van der Waals surface area contributed by atoms with Gasteiger partial charge in [0.1, 0.15) is 11.6 Å². The first-order valence-corrected chi connectivity index (χ1v) is 6.08. The van der Waals surface area contributed by atoms with E-state index in [1.165, 1.54) is 0 Å². The van der Waals surface area contributed by atoms with Crippen LogP contribution in [0.25, 0.3) is 5.57 Å². The number of hydrogen-bond donors (Lipinski definition) is 0. The molecule has 2 heteroatoms. The molecule has 1 aliphatic carbocycles. The van der Waals surface area contributed by atoms with Gasteiger partial charge >= 0.3 is 0 Å². The lowest BCUT2D eigenvalue weighted by Crippen LogP contribution is -1.96. The second-order valence-electron chi connectivity index (χ2n) is 4.60. The molecule has 0 aromatic heterocycles. The first-order valence-electron chi connectivity index (χ1n) is 6.08. The summed E-state index contributed by atoms with van der Waals surface area (Å²) in [5.41, 5.74) is 4.54. The number of allylic oxidation sites excluding steroid dienone is 1. The van der Waals surface area contributed by atoms with E-state index in [-0.39, 0.29) is 11.4 Å². The maximum Gasteiger partial charge on any atom is 0.204 e. The molecule has 2 nitrogen and oxygen atoms in total. The topological polar surface area (TPSA) is 40.9 Å². The molecule has 0 radical (unpaired) electrons. The molecule has 0 bridgehead atoms. The molecule has 1 aliphatic rings. The molecule has 0 spiro atoms. The van der Waals surface area contributed by atoms with Gasteiger partial charge in [0, 0.05) is 11.1 Å². The van der Waals surface area contributed by atoms with Gasteiger partial charge in [-0.15, -0.1) is 0 Å². The van der Waals surface area contributed by atoms with Crippen molar-refractivity contribution in [1.82, 2.24) is 0 Å². The van der Waals surface area contributed by atoms with Gasteiger partial charge in [-0.05, 0) is 18.1 Å². The Kier molecular flexibility index (Phi) is 2.54. The molecular weight excluding hydrogens is 234 g/mol. The van der Waals surface area contributed by atoms with Crippen molar-refractivity contribution in [2.24, 2.45) is 0 Å². The number of carbonyl (C=O) groups is 1. The van der Waals surface area contributed by atoms with Crippen LogP contribution in [-0.2, 0) is 0 Å². The number of carbonyl (C=O) groups excluding carboxylic acids is 1. The van der Waals surface area contributed by atoms with Gasteiger partial charge in [0.15, 0.2) is 0 Å². The summed E-state index contributed by atoms with van der Waals surface area (Å²) in [5.74, 6) is -0.173. The molecule has 0 amide bonds. The number of aryl methyl sites for hydroxylation is 1. The van der Waals surface area contributed by atoms with Crippen LogP contribution in [0.3, 0.4) is 0 Å². The Bertz CT molecular complexity index is 746. The van der Waals surface area contributed by atoms with E-state index in [1.54, 1.807) is 6.07 Å². The minimum Gasteiger partial charge on any atom is -0.288 e. The molecule has 0 heterocycles. The standard InChI is InChI=1S/C17H11NO/c1-11-6-8-12(9-7-11)16-13-4-2-3-5-14(13)17(19)15(16)10-18/h2-9H,1H3. The molecular formula is C17H11NO. The fourth-order valence-electron chi connectivity index (χ4n) is 2.41. The van der Waals surface area contributed by atoms with E-state index in [0.29, 0.717) is 5.56 Å². The highest BCUT2D eigenvalue weighted by atomic mass is 16.1. The molecule has 0 atom stereocenters. The minimum absolute atomic E-state index is 0.173. The van der Waals surface area contributed by atoms with Gasteiger partial charge in [-0.3, -0.25) is 4.79 Å². The molecule has 2 aromatic rings. The van der Waals surface area contributed by atoms with Crippen LogP contribution in [0.4, 0.5) is 0 Å². The first kappa shape index (κ1) is 11.4. The van der Waals surface area contributed by atoms with Crippen molar-refractivity contribution in [2.45, 2.75) is 6.92 Å². The normalized spacial score (nSPS) is 13.4. The monoisotopic (exact) mass is 245 g/mol. The van der Waals surface area contributed by atoms with E-state index < -0.39 is 0 Å². The largest absolute Gasteiger partial charge is 0.288 e. The fourth-order valence-corrected chi connectivity index (χ4v) is 2.41. The van der Waals surface area contributed by atoms with E-state index >= 15 is 0 Å². The van der Waals surface area contributed by atoms with Crippen LogP contribution in [0, 0.1) is 18.3 Å². The molecule has 0 fully saturated rings. The van der Waals surface area contributed by atoms with Gasteiger partial charge in [-0.2, -0.15) is 5.26 Å². The number of fused-ring (bicyclic) bond motifs is 1. The SMILES string of the molecule is Cc1ccc(C2=C(C#N)C(=O)c3ccccc32)cc1. The molecule has 90 valence electrons. The average molecular weight is 245 g/mol. The number of rotatable bonds is 1. The summed E-state index contributed by atoms with van der Waals surface area (Å²) in [4.78, 5) is 12.2.